The van der Waals surface area contributed by atoms with Gasteiger partial charge < -0.3 is 4.74 Å². The number of benzene rings is 2. The first-order valence-corrected chi connectivity index (χ1v) is 10.8. The quantitative estimate of drug-likeness (QED) is 0.640. The zero-order valence-corrected chi connectivity index (χ0v) is 17.2. The maximum atomic E-state index is 13.2. The SMILES string of the molecule is CCOC[C@@]1(C#N)[C@@H](c2ccc(Br)cc2)[C@@H]1S(=O)(=O)c1ccc(Cl)cc1. The minimum absolute atomic E-state index is 0.0816. The van der Waals surface area contributed by atoms with Gasteiger partial charge in [-0.3, -0.25) is 0 Å². The molecule has 0 heterocycles. The molecule has 1 fully saturated rings. The van der Waals surface area contributed by atoms with E-state index >= 15 is 0 Å². The van der Waals surface area contributed by atoms with Crippen LogP contribution in [0.25, 0.3) is 0 Å². The van der Waals surface area contributed by atoms with E-state index in [1.54, 1.807) is 12.1 Å². The van der Waals surface area contributed by atoms with Crippen LogP contribution in [0.5, 0.6) is 0 Å². The van der Waals surface area contributed by atoms with Gasteiger partial charge in [-0.05, 0) is 48.9 Å². The second-order valence-electron chi connectivity index (χ2n) is 6.24. The third-order valence-electron chi connectivity index (χ3n) is 4.72. The third kappa shape index (κ3) is 3.29. The molecule has 2 aromatic rings. The lowest BCUT2D eigenvalue weighted by Crippen LogP contribution is -2.19. The predicted molar refractivity (Wildman–Crippen MR) is 104 cm³/mol. The first-order chi connectivity index (χ1) is 12.4. The Balaban J connectivity index is 2.05. The van der Waals surface area contributed by atoms with Gasteiger partial charge in [0, 0.05) is 22.0 Å². The first-order valence-electron chi connectivity index (χ1n) is 8.10. The maximum Gasteiger partial charge on any atom is 0.183 e. The summed E-state index contributed by atoms with van der Waals surface area (Å²) < 4.78 is 32.9. The average Bonchev–Trinajstić information content (AvgIpc) is 3.31. The Morgan fingerprint density at radius 3 is 2.35 bits per heavy atom. The van der Waals surface area contributed by atoms with Crippen molar-refractivity contribution in [3.8, 4) is 6.07 Å². The Hall–Kier alpha value is -1.39. The van der Waals surface area contributed by atoms with Crippen LogP contribution in [-0.4, -0.2) is 26.9 Å². The predicted octanol–water partition coefficient (Wildman–Crippen LogP) is 4.59. The van der Waals surface area contributed by atoms with Gasteiger partial charge in [0.2, 0.25) is 0 Å². The van der Waals surface area contributed by atoms with Crippen molar-refractivity contribution in [3.05, 3.63) is 63.6 Å². The van der Waals surface area contributed by atoms with Gasteiger partial charge in [0.1, 0.15) is 5.41 Å². The van der Waals surface area contributed by atoms with Crippen LogP contribution in [-0.2, 0) is 14.6 Å². The number of halogens is 2. The van der Waals surface area contributed by atoms with Crippen LogP contribution in [0, 0.1) is 16.7 Å². The second kappa shape index (κ2) is 7.32. The molecule has 3 atom stereocenters. The lowest BCUT2D eigenvalue weighted by molar-refractivity contribution is 0.117. The van der Waals surface area contributed by atoms with Crippen molar-refractivity contribution in [1.29, 1.82) is 5.26 Å². The smallest absolute Gasteiger partial charge is 0.183 e. The molecule has 0 spiro atoms. The second-order valence-corrected chi connectivity index (χ2v) is 9.66. The monoisotopic (exact) mass is 453 g/mol. The van der Waals surface area contributed by atoms with Crippen LogP contribution in [0.4, 0.5) is 0 Å². The van der Waals surface area contributed by atoms with Crippen LogP contribution >= 0.6 is 27.5 Å². The molecule has 0 aromatic heterocycles. The highest BCUT2D eigenvalue weighted by Gasteiger charge is 2.72. The van der Waals surface area contributed by atoms with E-state index in [4.69, 9.17) is 16.3 Å². The number of ether oxygens (including phenoxy) is 1. The van der Waals surface area contributed by atoms with Crippen LogP contribution in [0.2, 0.25) is 5.02 Å². The molecule has 1 aliphatic rings. The van der Waals surface area contributed by atoms with Crippen molar-refractivity contribution in [2.75, 3.05) is 13.2 Å². The number of nitriles is 1. The molecular formula is C19H17BrClNO3S. The molecule has 0 bridgehead atoms. The third-order valence-corrected chi connectivity index (χ3v) is 7.79. The van der Waals surface area contributed by atoms with E-state index in [1.165, 1.54) is 12.1 Å². The molecule has 1 aliphatic carbocycles. The lowest BCUT2D eigenvalue weighted by atomic mass is 10.0. The fourth-order valence-corrected chi connectivity index (χ4v) is 6.08. The van der Waals surface area contributed by atoms with Gasteiger partial charge in [-0.2, -0.15) is 5.26 Å². The van der Waals surface area contributed by atoms with Gasteiger partial charge in [0.25, 0.3) is 0 Å². The molecule has 26 heavy (non-hydrogen) atoms. The number of hydrogen-bond acceptors (Lipinski definition) is 4. The fourth-order valence-electron chi connectivity index (χ4n) is 3.38. The molecule has 0 amide bonds. The number of hydrogen-bond donors (Lipinski definition) is 0. The molecule has 4 nitrogen and oxygen atoms in total. The van der Waals surface area contributed by atoms with Crippen molar-refractivity contribution < 1.29 is 13.2 Å². The molecule has 1 saturated carbocycles. The Bertz CT molecular complexity index is 938. The normalized spacial score (nSPS) is 24.8. The summed E-state index contributed by atoms with van der Waals surface area (Å²) in [6.45, 7) is 2.33. The standard InChI is InChI=1S/C19H17BrClNO3S/c1-2-25-12-19(11-22)17(13-3-5-14(20)6-4-13)18(19)26(23,24)16-9-7-15(21)8-10-16/h3-10,17-18H,2,12H2,1H3/t17-,18-,19-/m0/s1. The molecule has 0 saturated heterocycles. The van der Waals surface area contributed by atoms with Gasteiger partial charge in [0.15, 0.2) is 9.84 Å². The first kappa shape index (κ1) is 19.4. The highest BCUT2D eigenvalue weighted by Crippen LogP contribution is 2.64. The molecule has 3 rings (SSSR count). The highest BCUT2D eigenvalue weighted by atomic mass is 79.9. The van der Waals surface area contributed by atoms with Gasteiger partial charge in [-0.1, -0.05) is 39.7 Å². The van der Waals surface area contributed by atoms with Gasteiger partial charge >= 0.3 is 0 Å². The van der Waals surface area contributed by atoms with E-state index in [1.807, 2.05) is 31.2 Å². The van der Waals surface area contributed by atoms with Gasteiger partial charge in [-0.15, -0.1) is 0 Å². The van der Waals surface area contributed by atoms with Crippen molar-refractivity contribution >= 4 is 37.4 Å². The van der Waals surface area contributed by atoms with E-state index in [2.05, 4.69) is 22.0 Å². The van der Waals surface area contributed by atoms with Crippen LogP contribution in [0.3, 0.4) is 0 Å². The maximum absolute atomic E-state index is 13.2. The van der Waals surface area contributed by atoms with Gasteiger partial charge in [0.05, 0.1) is 22.8 Å². The number of rotatable bonds is 6. The molecule has 136 valence electrons. The molecule has 0 radical (unpaired) electrons. The summed E-state index contributed by atoms with van der Waals surface area (Å²) in [6, 6.07) is 15.7. The molecule has 0 unspecified atom stereocenters. The van der Waals surface area contributed by atoms with Crippen molar-refractivity contribution in [3.63, 3.8) is 0 Å². The summed E-state index contributed by atoms with van der Waals surface area (Å²) in [6.07, 6.45) is 0. The Labute approximate surface area is 166 Å². The summed E-state index contributed by atoms with van der Waals surface area (Å²) in [5, 5.41) is 9.48. The topological polar surface area (TPSA) is 67.2 Å². The number of nitrogens with zero attached hydrogens (tertiary/aromatic N) is 1. The lowest BCUT2D eigenvalue weighted by Gasteiger charge is -2.10. The summed E-state index contributed by atoms with van der Waals surface area (Å²) in [5.41, 5.74) is -0.278. The zero-order chi connectivity index (χ0) is 18.9. The summed E-state index contributed by atoms with van der Waals surface area (Å²) in [4.78, 5) is 0.169. The minimum Gasteiger partial charge on any atom is -0.380 e. The molecular weight excluding hydrogens is 438 g/mol. The van der Waals surface area contributed by atoms with Crippen LogP contribution < -0.4 is 0 Å². The molecule has 2 aromatic carbocycles. The molecule has 0 aliphatic heterocycles. The summed E-state index contributed by atoms with van der Waals surface area (Å²) in [5.74, 6) is -0.437. The van der Waals surface area contributed by atoms with Crippen LogP contribution in [0.15, 0.2) is 57.9 Å². The van der Waals surface area contributed by atoms with E-state index < -0.39 is 26.4 Å². The average molecular weight is 455 g/mol. The molecule has 7 heteroatoms. The summed E-state index contributed by atoms with van der Waals surface area (Å²) in [7, 11) is -3.71. The summed E-state index contributed by atoms with van der Waals surface area (Å²) >= 11 is 9.26. The van der Waals surface area contributed by atoms with Crippen molar-refractivity contribution in [2.45, 2.75) is 23.0 Å². The van der Waals surface area contributed by atoms with Crippen LogP contribution in [0.1, 0.15) is 18.4 Å². The van der Waals surface area contributed by atoms with Crippen molar-refractivity contribution in [1.82, 2.24) is 0 Å². The Morgan fingerprint density at radius 1 is 1.19 bits per heavy atom. The van der Waals surface area contributed by atoms with Crippen molar-refractivity contribution in [2.24, 2.45) is 5.41 Å². The van der Waals surface area contributed by atoms with E-state index in [0.29, 0.717) is 11.6 Å². The largest absolute Gasteiger partial charge is 0.380 e. The molecule has 0 N–H and O–H groups in total. The minimum atomic E-state index is -3.71. The van der Waals surface area contributed by atoms with E-state index in [0.717, 1.165) is 10.0 Å². The number of sulfone groups is 1. The fraction of sp³-hybridized carbons (Fsp3) is 0.316. The highest BCUT2D eigenvalue weighted by molar-refractivity contribution is 9.10. The zero-order valence-electron chi connectivity index (χ0n) is 14.0. The van der Waals surface area contributed by atoms with E-state index in [9.17, 15) is 13.7 Å². The van der Waals surface area contributed by atoms with Gasteiger partial charge in [-0.25, -0.2) is 8.42 Å². The Morgan fingerprint density at radius 2 is 1.81 bits per heavy atom. The Kier molecular flexibility index (Phi) is 5.45. The van der Waals surface area contributed by atoms with E-state index in [-0.39, 0.29) is 11.5 Å².